The van der Waals surface area contributed by atoms with Crippen LogP contribution >= 0.6 is 0 Å². The molecule has 0 spiro atoms. The van der Waals surface area contributed by atoms with Crippen molar-refractivity contribution in [3.63, 3.8) is 0 Å². The molecule has 0 aliphatic carbocycles. The molecule has 112 valence electrons. The summed E-state index contributed by atoms with van der Waals surface area (Å²) in [6.45, 7) is 5.23. The summed E-state index contributed by atoms with van der Waals surface area (Å²) in [5, 5.41) is 16.2. The fourth-order valence-electron chi connectivity index (χ4n) is 2.48. The van der Waals surface area contributed by atoms with E-state index in [0.29, 0.717) is 18.8 Å². The minimum atomic E-state index is -0.0882. The van der Waals surface area contributed by atoms with Gasteiger partial charge in [-0.15, -0.1) is 0 Å². The third-order valence-corrected chi connectivity index (χ3v) is 3.76. The van der Waals surface area contributed by atoms with E-state index < -0.39 is 0 Å². The molecule has 2 heterocycles. The molecule has 0 aromatic carbocycles. The number of aliphatic hydroxyl groups is 1. The molecule has 20 heavy (non-hydrogen) atoms. The third-order valence-electron chi connectivity index (χ3n) is 3.76. The molecule has 1 unspecified atom stereocenters. The Morgan fingerprint density at radius 3 is 2.65 bits per heavy atom. The van der Waals surface area contributed by atoms with Gasteiger partial charge >= 0.3 is 6.03 Å². The quantitative estimate of drug-likeness (QED) is 0.835. The van der Waals surface area contributed by atoms with Gasteiger partial charge in [0.05, 0.1) is 18.5 Å². The molecule has 1 saturated heterocycles. The van der Waals surface area contributed by atoms with E-state index in [-0.39, 0.29) is 18.7 Å². The number of nitrogens with one attached hydrogen (secondary N) is 1. The number of piperazine rings is 1. The van der Waals surface area contributed by atoms with Crippen molar-refractivity contribution in [3.05, 3.63) is 12.4 Å². The van der Waals surface area contributed by atoms with Crippen molar-refractivity contribution in [1.29, 1.82) is 0 Å². The monoisotopic (exact) mass is 281 g/mol. The predicted molar refractivity (Wildman–Crippen MR) is 76.5 cm³/mol. The van der Waals surface area contributed by atoms with Gasteiger partial charge in [-0.25, -0.2) is 4.79 Å². The molecular weight excluding hydrogens is 258 g/mol. The van der Waals surface area contributed by atoms with Crippen LogP contribution in [0.1, 0.15) is 13.3 Å². The molecule has 1 aliphatic rings. The molecule has 1 aromatic heterocycles. The molecule has 1 fully saturated rings. The maximum atomic E-state index is 12.1. The van der Waals surface area contributed by atoms with Crippen LogP contribution in [0, 0.1) is 0 Å². The number of carbonyl (C=O) groups is 1. The van der Waals surface area contributed by atoms with Gasteiger partial charge in [-0.3, -0.25) is 9.58 Å². The molecule has 1 aliphatic heterocycles. The van der Waals surface area contributed by atoms with Crippen molar-refractivity contribution < 1.29 is 9.90 Å². The minimum Gasteiger partial charge on any atom is -0.395 e. The van der Waals surface area contributed by atoms with Crippen molar-refractivity contribution >= 4 is 11.7 Å². The highest BCUT2D eigenvalue weighted by Gasteiger charge is 2.24. The Morgan fingerprint density at radius 2 is 2.15 bits per heavy atom. The van der Waals surface area contributed by atoms with Crippen LogP contribution in [-0.4, -0.2) is 69.5 Å². The minimum absolute atomic E-state index is 0.0882. The van der Waals surface area contributed by atoms with Gasteiger partial charge in [-0.1, -0.05) is 6.92 Å². The number of rotatable bonds is 4. The Kier molecular flexibility index (Phi) is 4.97. The highest BCUT2D eigenvalue weighted by molar-refractivity contribution is 5.89. The zero-order chi connectivity index (χ0) is 14.5. The van der Waals surface area contributed by atoms with E-state index in [2.05, 4.69) is 22.2 Å². The summed E-state index contributed by atoms with van der Waals surface area (Å²) in [4.78, 5) is 16.1. The normalized spacial score (nSPS) is 18.1. The smallest absolute Gasteiger partial charge is 0.322 e. The lowest BCUT2D eigenvalue weighted by Crippen LogP contribution is -2.53. The summed E-state index contributed by atoms with van der Waals surface area (Å²) in [6.07, 6.45) is 4.33. The molecule has 2 N–H and O–H groups in total. The largest absolute Gasteiger partial charge is 0.395 e. The van der Waals surface area contributed by atoms with E-state index in [4.69, 9.17) is 0 Å². The molecule has 1 aromatic rings. The first-order valence-electron chi connectivity index (χ1n) is 7.03. The molecule has 2 rings (SSSR count). The summed E-state index contributed by atoms with van der Waals surface area (Å²) in [6, 6.07) is 0.119. The standard InChI is InChI=1S/C13H23N5O2/c1-3-12(10-19)17-4-6-18(7-5-17)13(20)15-11-8-14-16(2)9-11/h8-9,12,19H,3-7,10H2,1-2H3,(H,15,20). The van der Waals surface area contributed by atoms with E-state index in [1.54, 1.807) is 22.0 Å². The van der Waals surface area contributed by atoms with Gasteiger partial charge in [0.15, 0.2) is 0 Å². The number of hydrogen-bond acceptors (Lipinski definition) is 4. The van der Waals surface area contributed by atoms with Gasteiger partial charge in [0, 0.05) is 45.5 Å². The number of amides is 2. The molecule has 7 nitrogen and oxygen atoms in total. The fourth-order valence-corrected chi connectivity index (χ4v) is 2.48. The topological polar surface area (TPSA) is 73.6 Å². The second-order valence-electron chi connectivity index (χ2n) is 5.10. The summed E-state index contributed by atoms with van der Waals surface area (Å²) in [7, 11) is 1.81. The number of urea groups is 1. The van der Waals surface area contributed by atoms with Crippen LogP contribution in [0.15, 0.2) is 12.4 Å². The van der Waals surface area contributed by atoms with Gasteiger partial charge in [0.2, 0.25) is 0 Å². The predicted octanol–water partition coefficient (Wildman–Crippen LogP) is 0.340. The summed E-state index contributed by atoms with van der Waals surface area (Å²) in [5.41, 5.74) is 0.710. The van der Waals surface area contributed by atoms with Gasteiger partial charge in [0.1, 0.15) is 0 Å². The number of hydrogen-bond donors (Lipinski definition) is 2. The molecule has 0 saturated carbocycles. The second-order valence-corrected chi connectivity index (χ2v) is 5.10. The highest BCUT2D eigenvalue weighted by atomic mass is 16.3. The highest BCUT2D eigenvalue weighted by Crippen LogP contribution is 2.11. The summed E-state index contributed by atoms with van der Waals surface area (Å²) in [5.74, 6) is 0. The van der Waals surface area contributed by atoms with Crippen LogP contribution in [-0.2, 0) is 7.05 Å². The number of aromatic nitrogens is 2. The van der Waals surface area contributed by atoms with E-state index >= 15 is 0 Å². The van der Waals surface area contributed by atoms with Gasteiger partial charge < -0.3 is 15.3 Å². The first-order valence-corrected chi connectivity index (χ1v) is 7.03. The van der Waals surface area contributed by atoms with Crippen LogP contribution in [0.5, 0.6) is 0 Å². The van der Waals surface area contributed by atoms with Crippen molar-refractivity contribution in [2.45, 2.75) is 19.4 Å². The maximum Gasteiger partial charge on any atom is 0.322 e. The molecule has 0 radical (unpaired) electrons. The van der Waals surface area contributed by atoms with Crippen molar-refractivity contribution in [2.24, 2.45) is 7.05 Å². The Hall–Kier alpha value is -1.60. The van der Waals surface area contributed by atoms with Crippen molar-refractivity contribution in [1.82, 2.24) is 19.6 Å². The lowest BCUT2D eigenvalue weighted by atomic mass is 10.2. The van der Waals surface area contributed by atoms with Gasteiger partial charge in [0.25, 0.3) is 0 Å². The van der Waals surface area contributed by atoms with E-state index in [0.717, 1.165) is 19.5 Å². The number of carbonyl (C=O) groups excluding carboxylic acids is 1. The van der Waals surface area contributed by atoms with Crippen LogP contribution in [0.2, 0.25) is 0 Å². The lowest BCUT2D eigenvalue weighted by Gasteiger charge is -2.38. The van der Waals surface area contributed by atoms with Gasteiger partial charge in [-0.05, 0) is 6.42 Å². The first-order chi connectivity index (χ1) is 9.63. The zero-order valence-electron chi connectivity index (χ0n) is 12.1. The average Bonchev–Trinajstić information content (AvgIpc) is 2.86. The van der Waals surface area contributed by atoms with E-state index in [1.807, 2.05) is 7.05 Å². The van der Waals surface area contributed by atoms with Gasteiger partial charge in [-0.2, -0.15) is 5.10 Å². The fraction of sp³-hybridized carbons (Fsp3) is 0.692. The number of aliphatic hydroxyl groups excluding tert-OH is 1. The van der Waals surface area contributed by atoms with Crippen molar-refractivity contribution in [2.75, 3.05) is 38.1 Å². The Balaban J connectivity index is 1.82. The van der Waals surface area contributed by atoms with E-state index in [1.165, 1.54) is 0 Å². The maximum absolute atomic E-state index is 12.1. The van der Waals surface area contributed by atoms with E-state index in [9.17, 15) is 9.90 Å². The Labute approximate surface area is 119 Å². The summed E-state index contributed by atoms with van der Waals surface area (Å²) < 4.78 is 1.65. The third kappa shape index (κ3) is 3.49. The number of anilines is 1. The first kappa shape index (κ1) is 14.8. The van der Waals surface area contributed by atoms with Crippen LogP contribution < -0.4 is 5.32 Å². The molecular formula is C13H23N5O2. The van der Waals surface area contributed by atoms with Crippen molar-refractivity contribution in [3.8, 4) is 0 Å². The Bertz CT molecular complexity index is 436. The number of aryl methyl sites for hydroxylation is 1. The van der Waals surface area contributed by atoms with Crippen LogP contribution in [0.25, 0.3) is 0 Å². The SMILES string of the molecule is CCC(CO)N1CCN(C(=O)Nc2cnn(C)c2)CC1. The Morgan fingerprint density at radius 1 is 1.45 bits per heavy atom. The van der Waals surface area contributed by atoms with Crippen LogP contribution in [0.4, 0.5) is 10.5 Å². The molecule has 1 atom stereocenters. The number of nitrogens with zero attached hydrogens (tertiary/aromatic N) is 4. The lowest BCUT2D eigenvalue weighted by molar-refractivity contribution is 0.0766. The zero-order valence-corrected chi connectivity index (χ0v) is 12.1. The second kappa shape index (κ2) is 6.71. The molecule has 7 heteroatoms. The molecule has 0 bridgehead atoms. The van der Waals surface area contributed by atoms with Crippen LogP contribution in [0.3, 0.4) is 0 Å². The molecule has 2 amide bonds. The average molecular weight is 281 g/mol. The summed E-state index contributed by atoms with van der Waals surface area (Å²) >= 11 is 0.